The van der Waals surface area contributed by atoms with Crippen molar-refractivity contribution < 1.29 is 9.53 Å². The van der Waals surface area contributed by atoms with Gasteiger partial charge in [-0.3, -0.25) is 14.0 Å². The van der Waals surface area contributed by atoms with Gasteiger partial charge in [-0.15, -0.1) is 11.3 Å². The van der Waals surface area contributed by atoms with E-state index < -0.39 is 0 Å². The third-order valence-corrected chi connectivity index (χ3v) is 4.90. The molecular formula is C19H15N3O3S. The SMILES string of the molecule is CCOc1ccccc1NC(=O)c1cc2c(=O)n3ccccc3nc2s1. The van der Waals surface area contributed by atoms with Crippen LogP contribution in [0.15, 0.2) is 59.5 Å². The van der Waals surface area contributed by atoms with Crippen LogP contribution in [-0.2, 0) is 0 Å². The van der Waals surface area contributed by atoms with Crippen molar-refractivity contribution in [1.82, 2.24) is 9.38 Å². The van der Waals surface area contributed by atoms with E-state index >= 15 is 0 Å². The standard InChI is InChI=1S/C19H15N3O3S/c1-2-25-14-8-4-3-7-13(14)20-17(23)15-11-12-18(26-15)21-16-9-5-6-10-22(16)19(12)24/h3-11H,2H2,1H3,(H,20,23). The number of thiophene rings is 1. The summed E-state index contributed by atoms with van der Waals surface area (Å²) in [5.41, 5.74) is 0.961. The number of nitrogens with one attached hydrogen (secondary N) is 1. The molecule has 130 valence electrons. The minimum absolute atomic E-state index is 0.185. The Morgan fingerprint density at radius 2 is 2.04 bits per heavy atom. The zero-order valence-corrected chi connectivity index (χ0v) is 14.7. The Morgan fingerprint density at radius 1 is 1.23 bits per heavy atom. The Morgan fingerprint density at radius 3 is 2.88 bits per heavy atom. The number of nitrogens with zero attached hydrogens (tertiary/aromatic N) is 2. The van der Waals surface area contributed by atoms with Crippen LogP contribution in [-0.4, -0.2) is 21.9 Å². The Labute approximate surface area is 152 Å². The summed E-state index contributed by atoms with van der Waals surface area (Å²) in [5.74, 6) is 0.307. The minimum Gasteiger partial charge on any atom is -0.492 e. The zero-order chi connectivity index (χ0) is 18.1. The number of aromatic nitrogens is 2. The van der Waals surface area contributed by atoms with E-state index in [4.69, 9.17) is 4.74 Å². The highest BCUT2D eigenvalue weighted by Crippen LogP contribution is 2.27. The topological polar surface area (TPSA) is 72.7 Å². The lowest BCUT2D eigenvalue weighted by molar-refractivity contribution is 0.103. The first-order chi connectivity index (χ1) is 12.7. The summed E-state index contributed by atoms with van der Waals surface area (Å²) in [6.45, 7) is 2.39. The highest BCUT2D eigenvalue weighted by Gasteiger charge is 2.16. The van der Waals surface area contributed by atoms with Crippen LogP contribution in [0.2, 0.25) is 0 Å². The van der Waals surface area contributed by atoms with Crippen LogP contribution in [0.5, 0.6) is 5.75 Å². The van der Waals surface area contributed by atoms with Crippen LogP contribution in [0.1, 0.15) is 16.6 Å². The highest BCUT2D eigenvalue weighted by atomic mass is 32.1. The van der Waals surface area contributed by atoms with Gasteiger partial charge in [-0.1, -0.05) is 18.2 Å². The van der Waals surface area contributed by atoms with E-state index in [1.165, 1.54) is 15.7 Å². The molecule has 0 bridgehead atoms. The Kier molecular flexibility index (Phi) is 4.14. The molecule has 0 aliphatic heterocycles. The van der Waals surface area contributed by atoms with E-state index in [0.717, 1.165) is 0 Å². The predicted octanol–water partition coefficient (Wildman–Crippen LogP) is 3.56. The average molecular weight is 365 g/mol. The number of anilines is 1. The molecule has 0 aliphatic rings. The van der Waals surface area contributed by atoms with Gasteiger partial charge in [-0.05, 0) is 37.3 Å². The third kappa shape index (κ3) is 2.82. The quantitative estimate of drug-likeness (QED) is 0.600. The summed E-state index contributed by atoms with van der Waals surface area (Å²) in [7, 11) is 0. The van der Waals surface area contributed by atoms with E-state index in [-0.39, 0.29) is 11.5 Å². The summed E-state index contributed by atoms with van der Waals surface area (Å²) in [4.78, 5) is 30.7. The Bertz CT molecular complexity index is 1180. The summed E-state index contributed by atoms with van der Waals surface area (Å²) in [6, 6.07) is 14.2. The van der Waals surface area contributed by atoms with Gasteiger partial charge in [0.15, 0.2) is 0 Å². The van der Waals surface area contributed by atoms with Crippen LogP contribution in [0, 0.1) is 0 Å². The van der Waals surface area contributed by atoms with E-state index in [2.05, 4.69) is 10.3 Å². The van der Waals surface area contributed by atoms with Crippen molar-refractivity contribution in [2.75, 3.05) is 11.9 Å². The van der Waals surface area contributed by atoms with E-state index in [1.807, 2.05) is 25.1 Å². The van der Waals surface area contributed by atoms with E-state index in [0.29, 0.717) is 38.8 Å². The molecule has 0 spiro atoms. The maximum absolute atomic E-state index is 12.7. The van der Waals surface area contributed by atoms with Crippen molar-refractivity contribution >= 4 is 38.8 Å². The van der Waals surface area contributed by atoms with Gasteiger partial charge < -0.3 is 10.1 Å². The minimum atomic E-state index is -0.298. The van der Waals surface area contributed by atoms with Gasteiger partial charge in [-0.2, -0.15) is 0 Å². The second-order valence-corrected chi connectivity index (χ2v) is 6.59. The number of hydrogen-bond donors (Lipinski definition) is 1. The molecule has 0 aliphatic carbocycles. The summed E-state index contributed by atoms with van der Waals surface area (Å²) in [5, 5.41) is 3.28. The molecule has 0 saturated carbocycles. The Hall–Kier alpha value is -3.19. The van der Waals surface area contributed by atoms with Crippen LogP contribution in [0.3, 0.4) is 0 Å². The molecule has 0 atom stereocenters. The second kappa shape index (κ2) is 6.61. The predicted molar refractivity (Wildman–Crippen MR) is 102 cm³/mol. The van der Waals surface area contributed by atoms with Gasteiger partial charge in [0.2, 0.25) is 0 Å². The average Bonchev–Trinajstić information content (AvgIpc) is 3.08. The molecule has 0 fully saturated rings. The highest BCUT2D eigenvalue weighted by molar-refractivity contribution is 7.20. The van der Waals surface area contributed by atoms with Crippen molar-refractivity contribution in [2.24, 2.45) is 0 Å². The molecule has 0 saturated heterocycles. The number of para-hydroxylation sites is 2. The van der Waals surface area contributed by atoms with Crippen LogP contribution in [0.4, 0.5) is 5.69 Å². The van der Waals surface area contributed by atoms with Gasteiger partial charge in [0.25, 0.3) is 11.5 Å². The molecule has 26 heavy (non-hydrogen) atoms. The summed E-state index contributed by atoms with van der Waals surface area (Å²) in [6.07, 6.45) is 1.67. The fourth-order valence-electron chi connectivity index (χ4n) is 2.70. The number of rotatable bonds is 4. The summed E-state index contributed by atoms with van der Waals surface area (Å²) >= 11 is 1.20. The molecule has 4 aromatic rings. The Balaban J connectivity index is 1.73. The fraction of sp³-hybridized carbons (Fsp3) is 0.105. The maximum Gasteiger partial charge on any atom is 0.266 e. The van der Waals surface area contributed by atoms with Crippen molar-refractivity contribution in [3.05, 3.63) is 70.0 Å². The van der Waals surface area contributed by atoms with Gasteiger partial charge in [0, 0.05) is 6.20 Å². The molecule has 3 heterocycles. The molecule has 7 heteroatoms. The van der Waals surface area contributed by atoms with Gasteiger partial charge >= 0.3 is 0 Å². The molecular weight excluding hydrogens is 350 g/mol. The number of benzene rings is 1. The molecule has 1 aromatic carbocycles. The number of hydrogen-bond acceptors (Lipinski definition) is 5. The number of pyridine rings is 1. The molecule has 1 amide bonds. The molecule has 0 radical (unpaired) electrons. The van der Waals surface area contributed by atoms with Gasteiger partial charge in [-0.25, -0.2) is 4.98 Å². The first kappa shape index (κ1) is 16.3. The fourth-order valence-corrected chi connectivity index (χ4v) is 3.62. The number of amides is 1. The number of carbonyl (C=O) groups excluding carboxylic acids is 1. The normalized spacial score (nSPS) is 11.0. The molecule has 3 aromatic heterocycles. The molecule has 0 unspecified atom stereocenters. The van der Waals surface area contributed by atoms with E-state index in [1.54, 1.807) is 36.5 Å². The number of carbonyl (C=O) groups is 1. The van der Waals surface area contributed by atoms with Crippen molar-refractivity contribution in [2.45, 2.75) is 6.92 Å². The van der Waals surface area contributed by atoms with Crippen LogP contribution >= 0.6 is 11.3 Å². The number of fused-ring (bicyclic) bond motifs is 2. The number of ether oxygens (including phenoxy) is 1. The van der Waals surface area contributed by atoms with Crippen molar-refractivity contribution in [1.29, 1.82) is 0 Å². The first-order valence-electron chi connectivity index (χ1n) is 8.11. The lowest BCUT2D eigenvalue weighted by Gasteiger charge is -2.10. The van der Waals surface area contributed by atoms with Crippen LogP contribution < -0.4 is 15.6 Å². The lowest BCUT2D eigenvalue weighted by Crippen LogP contribution is -2.14. The van der Waals surface area contributed by atoms with E-state index in [9.17, 15) is 9.59 Å². The van der Waals surface area contributed by atoms with Crippen molar-refractivity contribution in [3.8, 4) is 5.75 Å². The first-order valence-corrected chi connectivity index (χ1v) is 8.93. The second-order valence-electron chi connectivity index (χ2n) is 5.56. The monoisotopic (exact) mass is 365 g/mol. The maximum atomic E-state index is 12.7. The van der Waals surface area contributed by atoms with Gasteiger partial charge in [0.05, 0.1) is 22.6 Å². The van der Waals surface area contributed by atoms with Crippen molar-refractivity contribution in [3.63, 3.8) is 0 Å². The lowest BCUT2D eigenvalue weighted by atomic mass is 10.2. The molecule has 1 N–H and O–H groups in total. The third-order valence-electron chi connectivity index (χ3n) is 3.88. The summed E-state index contributed by atoms with van der Waals surface area (Å²) < 4.78 is 7.00. The molecule has 6 nitrogen and oxygen atoms in total. The smallest absolute Gasteiger partial charge is 0.266 e. The molecule has 4 rings (SSSR count). The van der Waals surface area contributed by atoms with Gasteiger partial charge in [0.1, 0.15) is 16.2 Å². The van der Waals surface area contributed by atoms with Crippen LogP contribution in [0.25, 0.3) is 15.9 Å². The zero-order valence-electron chi connectivity index (χ0n) is 13.9. The largest absolute Gasteiger partial charge is 0.492 e.